The van der Waals surface area contributed by atoms with Crippen molar-refractivity contribution < 1.29 is 14.1 Å². The average molecular weight is 358 g/mol. The molecule has 1 saturated carbocycles. The lowest BCUT2D eigenvalue weighted by Gasteiger charge is -2.09. The van der Waals surface area contributed by atoms with Crippen LogP contribution in [0.4, 0.5) is 0 Å². The molecule has 1 aliphatic carbocycles. The first-order valence-electron chi connectivity index (χ1n) is 9.11. The van der Waals surface area contributed by atoms with E-state index in [4.69, 9.17) is 9.26 Å². The van der Waals surface area contributed by atoms with E-state index < -0.39 is 0 Å². The fraction of sp³-hybridized carbons (Fsp3) is 0.227. The van der Waals surface area contributed by atoms with E-state index in [0.29, 0.717) is 28.3 Å². The molecule has 0 N–H and O–H groups in total. The normalized spacial score (nSPS) is 14.0. The molecule has 2 aromatic heterocycles. The Morgan fingerprint density at radius 2 is 2.00 bits per heavy atom. The van der Waals surface area contributed by atoms with Gasteiger partial charge in [-0.25, -0.2) is 9.78 Å². The van der Waals surface area contributed by atoms with Crippen LogP contribution in [0.15, 0.2) is 53.1 Å². The van der Waals surface area contributed by atoms with Crippen LogP contribution in [0.2, 0.25) is 0 Å². The maximum absolute atomic E-state index is 12.9. The van der Waals surface area contributed by atoms with Crippen molar-refractivity contribution in [1.82, 2.24) is 10.1 Å². The van der Waals surface area contributed by atoms with Crippen molar-refractivity contribution in [1.29, 1.82) is 0 Å². The third-order valence-corrected chi connectivity index (χ3v) is 5.09. The van der Waals surface area contributed by atoms with Gasteiger partial charge < -0.3 is 9.26 Å². The summed E-state index contributed by atoms with van der Waals surface area (Å²) in [6.07, 6.45) is 2.19. The van der Waals surface area contributed by atoms with E-state index in [1.54, 1.807) is 0 Å². The van der Waals surface area contributed by atoms with Crippen molar-refractivity contribution in [3.8, 4) is 0 Å². The van der Waals surface area contributed by atoms with Gasteiger partial charge in [-0.1, -0.05) is 47.6 Å². The number of pyridine rings is 1. The summed E-state index contributed by atoms with van der Waals surface area (Å²) in [7, 11) is 0. The fourth-order valence-electron chi connectivity index (χ4n) is 3.50. The first-order valence-corrected chi connectivity index (χ1v) is 9.11. The number of carbonyl (C=O) groups is 1. The van der Waals surface area contributed by atoms with E-state index in [-0.39, 0.29) is 12.6 Å². The Balaban J connectivity index is 1.48. The molecule has 0 radical (unpaired) electrons. The molecule has 5 rings (SSSR count). The van der Waals surface area contributed by atoms with Gasteiger partial charge >= 0.3 is 5.97 Å². The highest BCUT2D eigenvalue weighted by Crippen LogP contribution is 2.40. The van der Waals surface area contributed by atoms with Crippen molar-refractivity contribution in [2.24, 2.45) is 0 Å². The highest BCUT2D eigenvalue weighted by atomic mass is 16.5. The largest absolute Gasteiger partial charge is 0.457 e. The van der Waals surface area contributed by atoms with Crippen LogP contribution in [0.5, 0.6) is 0 Å². The minimum Gasteiger partial charge on any atom is -0.457 e. The summed E-state index contributed by atoms with van der Waals surface area (Å²) in [6, 6.07) is 15.9. The summed E-state index contributed by atoms with van der Waals surface area (Å²) < 4.78 is 11.0. The minimum atomic E-state index is -0.372. The Labute approximate surface area is 155 Å². The van der Waals surface area contributed by atoms with Crippen LogP contribution in [-0.2, 0) is 11.3 Å². The number of carbonyl (C=O) groups excluding carboxylic acids is 1. The monoisotopic (exact) mass is 358 g/mol. The lowest BCUT2D eigenvalue weighted by atomic mass is 10.1. The summed E-state index contributed by atoms with van der Waals surface area (Å²) in [5.74, 6) is 0.0351. The second kappa shape index (κ2) is 6.20. The van der Waals surface area contributed by atoms with Crippen molar-refractivity contribution in [3.63, 3.8) is 0 Å². The van der Waals surface area contributed by atoms with Crippen LogP contribution in [0.3, 0.4) is 0 Å². The third kappa shape index (κ3) is 2.85. The van der Waals surface area contributed by atoms with E-state index in [1.165, 1.54) is 0 Å². The van der Waals surface area contributed by atoms with Crippen LogP contribution in [0.1, 0.15) is 46.1 Å². The number of aromatic nitrogens is 2. The number of hydrogen-bond acceptors (Lipinski definition) is 5. The SMILES string of the molecule is Cc1noc2nc(C3CC3)cc(C(=O)OCc3cccc4ccccc34)c12. The number of benzene rings is 2. The zero-order valence-electron chi connectivity index (χ0n) is 14.9. The molecule has 27 heavy (non-hydrogen) atoms. The van der Waals surface area contributed by atoms with E-state index in [9.17, 15) is 4.79 Å². The van der Waals surface area contributed by atoms with Gasteiger partial charge in [0.2, 0.25) is 0 Å². The van der Waals surface area contributed by atoms with Gasteiger partial charge in [0.25, 0.3) is 5.71 Å². The molecule has 0 amide bonds. The van der Waals surface area contributed by atoms with E-state index in [1.807, 2.05) is 43.3 Å². The second-order valence-electron chi connectivity index (χ2n) is 7.03. The van der Waals surface area contributed by atoms with Crippen molar-refractivity contribution in [2.75, 3.05) is 0 Å². The van der Waals surface area contributed by atoms with Crippen LogP contribution >= 0.6 is 0 Å². The standard InChI is InChI=1S/C22H18N2O3/c1-13-20-18(11-19(15-9-10-15)23-21(20)27-24-13)22(25)26-12-16-7-4-6-14-5-2-3-8-17(14)16/h2-8,11,15H,9-10,12H2,1H3. The molecule has 2 aromatic carbocycles. The van der Waals surface area contributed by atoms with E-state index >= 15 is 0 Å². The van der Waals surface area contributed by atoms with Gasteiger partial charge in [0, 0.05) is 11.6 Å². The van der Waals surface area contributed by atoms with Crippen molar-refractivity contribution in [2.45, 2.75) is 32.3 Å². The quantitative estimate of drug-likeness (QED) is 0.485. The van der Waals surface area contributed by atoms with Gasteiger partial charge in [0.05, 0.1) is 16.6 Å². The third-order valence-electron chi connectivity index (χ3n) is 5.09. The Kier molecular flexibility index (Phi) is 3.67. The maximum atomic E-state index is 12.9. The molecule has 0 aliphatic heterocycles. The molecule has 1 fully saturated rings. The molecule has 0 atom stereocenters. The van der Waals surface area contributed by atoms with Gasteiger partial charge in [-0.05, 0) is 42.2 Å². The van der Waals surface area contributed by atoms with Crippen LogP contribution in [0, 0.1) is 6.92 Å². The minimum absolute atomic E-state index is 0.215. The average Bonchev–Trinajstić information content (AvgIpc) is 3.49. The molecule has 5 nitrogen and oxygen atoms in total. The Hall–Kier alpha value is -3.21. The Morgan fingerprint density at radius 3 is 2.85 bits per heavy atom. The van der Waals surface area contributed by atoms with Gasteiger partial charge in [0.1, 0.15) is 6.61 Å². The summed E-state index contributed by atoms with van der Waals surface area (Å²) >= 11 is 0. The van der Waals surface area contributed by atoms with Gasteiger partial charge in [-0.3, -0.25) is 0 Å². The lowest BCUT2D eigenvalue weighted by molar-refractivity contribution is 0.0476. The highest BCUT2D eigenvalue weighted by Gasteiger charge is 2.29. The van der Waals surface area contributed by atoms with Crippen LogP contribution < -0.4 is 0 Å². The molecule has 2 heterocycles. The van der Waals surface area contributed by atoms with E-state index in [0.717, 1.165) is 34.9 Å². The van der Waals surface area contributed by atoms with E-state index in [2.05, 4.69) is 22.3 Å². The summed E-state index contributed by atoms with van der Waals surface area (Å²) in [4.78, 5) is 17.4. The Morgan fingerprint density at radius 1 is 1.19 bits per heavy atom. The van der Waals surface area contributed by atoms with Crippen molar-refractivity contribution in [3.05, 3.63) is 71.0 Å². The number of ether oxygens (including phenoxy) is 1. The summed E-state index contributed by atoms with van der Waals surface area (Å²) in [5, 5.41) is 6.83. The molecule has 134 valence electrons. The molecule has 5 heteroatoms. The number of fused-ring (bicyclic) bond motifs is 2. The zero-order valence-corrected chi connectivity index (χ0v) is 14.9. The number of nitrogens with zero attached hydrogens (tertiary/aromatic N) is 2. The van der Waals surface area contributed by atoms with Gasteiger partial charge in [0.15, 0.2) is 0 Å². The highest BCUT2D eigenvalue weighted by molar-refractivity contribution is 6.03. The molecule has 0 saturated heterocycles. The van der Waals surface area contributed by atoms with Crippen LogP contribution in [0.25, 0.3) is 21.9 Å². The molecule has 1 aliphatic rings. The molecule has 0 unspecified atom stereocenters. The smallest absolute Gasteiger partial charge is 0.339 e. The zero-order chi connectivity index (χ0) is 18.4. The number of hydrogen-bond donors (Lipinski definition) is 0. The van der Waals surface area contributed by atoms with Crippen molar-refractivity contribution >= 4 is 27.8 Å². The first-order chi connectivity index (χ1) is 13.2. The number of rotatable bonds is 4. The lowest BCUT2D eigenvalue weighted by Crippen LogP contribution is -2.08. The molecule has 0 spiro atoms. The van der Waals surface area contributed by atoms with Gasteiger partial charge in [-0.15, -0.1) is 0 Å². The molecular formula is C22H18N2O3. The molecule has 4 aromatic rings. The summed E-state index contributed by atoms with van der Waals surface area (Å²) in [6.45, 7) is 2.03. The topological polar surface area (TPSA) is 65.2 Å². The Bertz CT molecular complexity index is 1170. The molecular weight excluding hydrogens is 340 g/mol. The predicted octanol–water partition coefficient (Wildman–Crippen LogP) is 4.92. The second-order valence-corrected chi connectivity index (χ2v) is 7.03. The maximum Gasteiger partial charge on any atom is 0.339 e. The fourth-order valence-corrected chi connectivity index (χ4v) is 3.50. The number of aryl methyl sites for hydroxylation is 1. The number of esters is 1. The van der Waals surface area contributed by atoms with Crippen LogP contribution in [-0.4, -0.2) is 16.1 Å². The predicted molar refractivity (Wildman–Crippen MR) is 102 cm³/mol. The molecule has 0 bridgehead atoms. The summed E-state index contributed by atoms with van der Waals surface area (Å²) in [5.41, 5.74) is 3.42. The first kappa shape index (κ1) is 16.0. The van der Waals surface area contributed by atoms with Gasteiger partial charge in [-0.2, -0.15) is 0 Å².